The van der Waals surface area contributed by atoms with E-state index in [1.807, 2.05) is 0 Å². The Morgan fingerprint density at radius 2 is 1.95 bits per heavy atom. The molecule has 0 aromatic heterocycles. The molecule has 0 bridgehead atoms. The second kappa shape index (κ2) is 7.13. The lowest BCUT2D eigenvalue weighted by Crippen LogP contribution is -2.41. The van der Waals surface area contributed by atoms with Crippen LogP contribution in [0.1, 0.15) is 19.8 Å². The topological polar surface area (TPSA) is 104 Å². The number of rotatable bonds is 7. The fourth-order valence-corrected chi connectivity index (χ4v) is 2.59. The van der Waals surface area contributed by atoms with Gasteiger partial charge in [-0.1, -0.05) is 0 Å². The van der Waals surface area contributed by atoms with Crippen molar-refractivity contribution in [3.8, 4) is 0 Å². The van der Waals surface area contributed by atoms with Crippen molar-refractivity contribution < 1.29 is 24.3 Å². The molecular weight excluding hydrogens is 272 g/mol. The van der Waals surface area contributed by atoms with Crippen molar-refractivity contribution in [2.24, 2.45) is 0 Å². The van der Waals surface area contributed by atoms with E-state index < -0.39 is 17.9 Å². The number of thioether (sulfide) groups is 1. The van der Waals surface area contributed by atoms with E-state index >= 15 is 0 Å². The number of amides is 3. The van der Waals surface area contributed by atoms with Gasteiger partial charge in [-0.2, -0.15) is 11.8 Å². The van der Waals surface area contributed by atoms with Crippen LogP contribution in [0.2, 0.25) is 0 Å². The maximum atomic E-state index is 11.3. The molecule has 1 heterocycles. The zero-order valence-corrected chi connectivity index (χ0v) is 11.4. The standard InChI is InChI=1S/C11H16N2O5S/c1-7(14)12-8(11(17)18)6-19-5-4-13-9(15)2-3-10(13)16/h8H,2-6H2,1H3,(H,12,14)(H,17,18). The fraction of sp³-hybridized carbons (Fsp3) is 0.636. The average molecular weight is 288 g/mol. The minimum Gasteiger partial charge on any atom is -0.480 e. The number of aliphatic carboxylic acids is 1. The van der Waals surface area contributed by atoms with Crippen LogP contribution in [-0.2, 0) is 19.2 Å². The third-order valence-electron chi connectivity index (χ3n) is 2.57. The summed E-state index contributed by atoms with van der Waals surface area (Å²) in [7, 11) is 0. The lowest BCUT2D eigenvalue weighted by Gasteiger charge is -2.15. The maximum Gasteiger partial charge on any atom is 0.327 e. The summed E-state index contributed by atoms with van der Waals surface area (Å²) in [6, 6.07) is -0.951. The first-order valence-electron chi connectivity index (χ1n) is 5.82. The van der Waals surface area contributed by atoms with Gasteiger partial charge < -0.3 is 10.4 Å². The van der Waals surface area contributed by atoms with E-state index in [4.69, 9.17) is 5.11 Å². The zero-order valence-electron chi connectivity index (χ0n) is 10.5. The van der Waals surface area contributed by atoms with Gasteiger partial charge in [-0.3, -0.25) is 19.3 Å². The summed E-state index contributed by atoms with van der Waals surface area (Å²) in [6.07, 6.45) is 0.514. The van der Waals surface area contributed by atoms with Crippen molar-refractivity contribution in [2.45, 2.75) is 25.8 Å². The number of imide groups is 1. The molecule has 0 aromatic rings. The first kappa shape index (κ1) is 15.5. The Morgan fingerprint density at radius 1 is 1.37 bits per heavy atom. The summed E-state index contributed by atoms with van der Waals surface area (Å²) in [5.41, 5.74) is 0. The van der Waals surface area contributed by atoms with Gasteiger partial charge in [0, 0.05) is 37.8 Å². The van der Waals surface area contributed by atoms with Crippen molar-refractivity contribution in [3.05, 3.63) is 0 Å². The van der Waals surface area contributed by atoms with Crippen molar-refractivity contribution in [1.29, 1.82) is 0 Å². The summed E-state index contributed by atoms with van der Waals surface area (Å²) < 4.78 is 0. The number of nitrogens with zero attached hydrogens (tertiary/aromatic N) is 1. The highest BCUT2D eigenvalue weighted by Gasteiger charge is 2.28. The molecule has 0 aromatic carbocycles. The van der Waals surface area contributed by atoms with E-state index in [0.29, 0.717) is 5.75 Å². The Morgan fingerprint density at radius 3 is 2.42 bits per heavy atom. The number of carboxylic acids is 1. The molecule has 0 aliphatic carbocycles. The zero-order chi connectivity index (χ0) is 14.4. The van der Waals surface area contributed by atoms with Crippen LogP contribution in [0.15, 0.2) is 0 Å². The van der Waals surface area contributed by atoms with Crippen LogP contribution in [-0.4, -0.2) is 57.8 Å². The van der Waals surface area contributed by atoms with E-state index in [2.05, 4.69) is 5.32 Å². The summed E-state index contributed by atoms with van der Waals surface area (Å²) >= 11 is 1.28. The third-order valence-corrected chi connectivity index (χ3v) is 3.61. The second-order valence-corrected chi connectivity index (χ2v) is 5.26. The fourth-order valence-electron chi connectivity index (χ4n) is 1.65. The molecule has 1 atom stereocenters. The average Bonchev–Trinajstić information content (AvgIpc) is 2.63. The van der Waals surface area contributed by atoms with Gasteiger partial charge in [0.15, 0.2) is 0 Å². The van der Waals surface area contributed by atoms with Crippen LogP contribution in [0.5, 0.6) is 0 Å². The van der Waals surface area contributed by atoms with Gasteiger partial charge in [0.2, 0.25) is 17.7 Å². The summed E-state index contributed by atoms with van der Waals surface area (Å²) in [5, 5.41) is 11.2. The van der Waals surface area contributed by atoms with E-state index in [0.717, 1.165) is 0 Å². The van der Waals surface area contributed by atoms with Gasteiger partial charge in [-0.15, -0.1) is 0 Å². The van der Waals surface area contributed by atoms with Crippen LogP contribution in [0.25, 0.3) is 0 Å². The van der Waals surface area contributed by atoms with Crippen LogP contribution in [0.4, 0.5) is 0 Å². The van der Waals surface area contributed by atoms with Gasteiger partial charge in [-0.25, -0.2) is 4.79 Å². The number of nitrogens with one attached hydrogen (secondary N) is 1. The normalized spacial score (nSPS) is 16.6. The molecule has 0 saturated carbocycles. The minimum atomic E-state index is -1.10. The minimum absolute atomic E-state index is 0.178. The highest BCUT2D eigenvalue weighted by molar-refractivity contribution is 7.99. The number of likely N-dealkylation sites (tertiary alicyclic amines) is 1. The maximum absolute atomic E-state index is 11.3. The third kappa shape index (κ3) is 4.90. The molecule has 1 aliphatic heterocycles. The summed E-state index contributed by atoms with van der Waals surface area (Å²) in [6.45, 7) is 1.54. The highest BCUT2D eigenvalue weighted by Crippen LogP contribution is 2.13. The van der Waals surface area contributed by atoms with Crippen molar-refractivity contribution >= 4 is 35.5 Å². The number of carbonyl (C=O) groups is 4. The molecule has 8 heteroatoms. The van der Waals surface area contributed by atoms with Crippen LogP contribution in [0.3, 0.4) is 0 Å². The number of hydrogen-bond donors (Lipinski definition) is 2. The van der Waals surface area contributed by atoms with Crippen LogP contribution < -0.4 is 5.32 Å². The van der Waals surface area contributed by atoms with Gasteiger partial charge in [0.1, 0.15) is 6.04 Å². The second-order valence-electron chi connectivity index (χ2n) is 4.11. The molecule has 1 fully saturated rings. The van der Waals surface area contributed by atoms with E-state index in [1.54, 1.807) is 0 Å². The van der Waals surface area contributed by atoms with Crippen molar-refractivity contribution in [2.75, 3.05) is 18.1 Å². The number of carbonyl (C=O) groups excluding carboxylic acids is 3. The molecule has 7 nitrogen and oxygen atoms in total. The van der Waals surface area contributed by atoms with E-state index in [-0.39, 0.29) is 37.0 Å². The molecule has 1 saturated heterocycles. The molecule has 3 amide bonds. The first-order chi connectivity index (χ1) is 8.91. The predicted octanol–water partition coefficient (Wildman–Crippen LogP) is -0.542. The lowest BCUT2D eigenvalue weighted by atomic mass is 10.3. The molecule has 0 spiro atoms. The molecule has 106 valence electrons. The molecule has 1 rings (SSSR count). The number of hydrogen-bond acceptors (Lipinski definition) is 5. The summed E-state index contributed by atoms with van der Waals surface area (Å²) in [4.78, 5) is 45.5. The van der Waals surface area contributed by atoms with Gasteiger partial charge in [0.25, 0.3) is 0 Å². The quantitative estimate of drug-likeness (QED) is 0.481. The predicted molar refractivity (Wildman–Crippen MR) is 68.5 cm³/mol. The largest absolute Gasteiger partial charge is 0.480 e. The Bertz CT molecular complexity index is 383. The molecule has 1 unspecified atom stereocenters. The highest BCUT2D eigenvalue weighted by atomic mass is 32.2. The first-order valence-corrected chi connectivity index (χ1v) is 6.98. The lowest BCUT2D eigenvalue weighted by molar-refractivity contribution is -0.141. The number of carboxylic acid groups (broad SMARTS) is 1. The monoisotopic (exact) mass is 288 g/mol. The van der Waals surface area contributed by atoms with Crippen molar-refractivity contribution in [3.63, 3.8) is 0 Å². The SMILES string of the molecule is CC(=O)NC(CSCCN1C(=O)CCC1=O)C(=O)O. The molecular formula is C11H16N2O5S. The smallest absolute Gasteiger partial charge is 0.327 e. The Kier molecular flexibility index (Phi) is 5.81. The molecule has 0 radical (unpaired) electrons. The molecule has 1 aliphatic rings. The summed E-state index contributed by atoms with van der Waals surface area (Å²) in [5.74, 6) is -1.20. The van der Waals surface area contributed by atoms with E-state index in [1.165, 1.54) is 23.6 Å². The molecule has 2 N–H and O–H groups in total. The Balaban J connectivity index is 2.28. The van der Waals surface area contributed by atoms with Crippen molar-refractivity contribution in [1.82, 2.24) is 10.2 Å². The van der Waals surface area contributed by atoms with Gasteiger partial charge in [0.05, 0.1) is 0 Å². The van der Waals surface area contributed by atoms with Crippen LogP contribution in [0, 0.1) is 0 Å². The molecule has 19 heavy (non-hydrogen) atoms. The van der Waals surface area contributed by atoms with Gasteiger partial charge in [-0.05, 0) is 0 Å². The van der Waals surface area contributed by atoms with E-state index in [9.17, 15) is 19.2 Å². The Hall–Kier alpha value is -1.57. The van der Waals surface area contributed by atoms with Crippen LogP contribution >= 0.6 is 11.8 Å². The Labute approximate surface area is 114 Å². The van der Waals surface area contributed by atoms with Gasteiger partial charge >= 0.3 is 5.97 Å².